The Morgan fingerprint density at radius 3 is 2.09 bits per heavy atom. The van der Waals surface area contributed by atoms with Gasteiger partial charge in [-0.25, -0.2) is 0 Å². The van der Waals surface area contributed by atoms with Crippen LogP contribution >= 0.6 is 0 Å². The average Bonchev–Trinajstić information content (AvgIpc) is 3.41. The molecule has 0 aromatic heterocycles. The molecule has 2 aliphatic heterocycles. The molecule has 2 aromatic rings. The molecule has 0 radical (unpaired) electrons. The minimum Gasteiger partial charge on any atom is -0.493 e. The van der Waals surface area contributed by atoms with E-state index in [1.54, 1.807) is 21.3 Å². The number of benzene rings is 2. The minimum atomic E-state index is -0.870. The molecule has 32 heavy (non-hydrogen) atoms. The Morgan fingerprint density at radius 2 is 1.50 bits per heavy atom. The van der Waals surface area contributed by atoms with Crippen LogP contribution in [-0.2, 0) is 9.53 Å². The molecule has 0 spiro atoms. The lowest BCUT2D eigenvalue weighted by Crippen LogP contribution is -2.28. The third-order valence-corrected chi connectivity index (χ3v) is 6.94. The summed E-state index contributed by atoms with van der Waals surface area (Å²) in [5.41, 5.74) is 2.51. The van der Waals surface area contributed by atoms with Crippen LogP contribution in [0, 0.1) is 11.8 Å². The van der Waals surface area contributed by atoms with Gasteiger partial charge in [-0.15, -0.1) is 0 Å². The highest BCUT2D eigenvalue weighted by Gasteiger charge is 2.52. The molecule has 1 unspecified atom stereocenters. The first-order chi connectivity index (χ1) is 15.5. The van der Waals surface area contributed by atoms with Crippen molar-refractivity contribution in [2.24, 2.45) is 11.8 Å². The Balaban J connectivity index is 1.71. The average molecular weight is 442 g/mol. The maximum atomic E-state index is 13.0. The molecule has 1 aliphatic carbocycles. The lowest BCUT2D eigenvalue weighted by molar-refractivity contribution is -0.142. The summed E-state index contributed by atoms with van der Waals surface area (Å²) in [7, 11) is 4.67. The molecule has 8 heteroatoms. The van der Waals surface area contributed by atoms with E-state index >= 15 is 0 Å². The van der Waals surface area contributed by atoms with Gasteiger partial charge in [0.15, 0.2) is 23.0 Å². The van der Waals surface area contributed by atoms with Crippen LogP contribution in [0.2, 0.25) is 0 Å². The Kier molecular flexibility index (Phi) is 5.04. The van der Waals surface area contributed by atoms with Crippen LogP contribution in [0.1, 0.15) is 41.6 Å². The van der Waals surface area contributed by atoms with E-state index < -0.39 is 17.9 Å². The first-order valence-electron chi connectivity index (χ1n) is 10.6. The number of hydrogen-bond acceptors (Lipinski definition) is 8. The molecule has 3 aliphatic rings. The zero-order valence-corrected chi connectivity index (χ0v) is 18.4. The summed E-state index contributed by atoms with van der Waals surface area (Å²) in [4.78, 5) is 13.0. The second kappa shape index (κ2) is 7.78. The molecule has 1 N–H and O–H groups in total. The van der Waals surface area contributed by atoms with Crippen LogP contribution in [0.3, 0.4) is 0 Å². The zero-order chi connectivity index (χ0) is 22.6. The summed E-state index contributed by atoms with van der Waals surface area (Å²) in [6.07, 6.45) is -0.870. The second-order valence-corrected chi connectivity index (χ2v) is 8.37. The van der Waals surface area contributed by atoms with Crippen LogP contribution in [0.5, 0.6) is 28.7 Å². The highest BCUT2D eigenvalue weighted by atomic mass is 16.7. The fourth-order valence-corrected chi connectivity index (χ4v) is 5.40. The van der Waals surface area contributed by atoms with Gasteiger partial charge >= 0.3 is 5.97 Å². The Hall–Kier alpha value is -3.13. The van der Waals surface area contributed by atoms with Gasteiger partial charge in [-0.3, -0.25) is 4.79 Å². The van der Waals surface area contributed by atoms with E-state index in [1.165, 1.54) is 0 Å². The molecule has 0 saturated carbocycles. The van der Waals surface area contributed by atoms with E-state index in [2.05, 4.69) is 6.92 Å². The summed E-state index contributed by atoms with van der Waals surface area (Å²) < 4.78 is 33.2. The normalized spacial score (nSPS) is 27.8. The summed E-state index contributed by atoms with van der Waals surface area (Å²) in [6, 6.07) is 7.49. The van der Waals surface area contributed by atoms with Crippen molar-refractivity contribution < 1.29 is 38.3 Å². The Morgan fingerprint density at radius 1 is 0.875 bits per heavy atom. The molecule has 5 atom stereocenters. The van der Waals surface area contributed by atoms with Crippen molar-refractivity contribution >= 4 is 5.97 Å². The predicted octanol–water partition coefficient (Wildman–Crippen LogP) is 3.16. The predicted molar refractivity (Wildman–Crippen MR) is 113 cm³/mol. The molecule has 0 bridgehead atoms. The Bertz CT molecular complexity index is 1040. The fraction of sp³-hybridized carbons (Fsp3) is 0.458. The van der Waals surface area contributed by atoms with Gasteiger partial charge in [0.2, 0.25) is 12.5 Å². The third kappa shape index (κ3) is 2.97. The molecule has 5 rings (SSSR count). The number of aliphatic hydroxyl groups is 1. The highest BCUT2D eigenvalue weighted by molar-refractivity contribution is 5.77. The van der Waals surface area contributed by atoms with Crippen LogP contribution in [0.4, 0.5) is 0 Å². The second-order valence-electron chi connectivity index (χ2n) is 8.37. The van der Waals surface area contributed by atoms with E-state index in [4.69, 9.17) is 28.4 Å². The molecular weight excluding hydrogens is 416 g/mol. The van der Waals surface area contributed by atoms with E-state index in [0.717, 1.165) is 16.7 Å². The summed E-state index contributed by atoms with van der Waals surface area (Å²) >= 11 is 0. The highest BCUT2D eigenvalue weighted by Crippen LogP contribution is 2.56. The summed E-state index contributed by atoms with van der Waals surface area (Å²) in [5.74, 6) is 1.06. The van der Waals surface area contributed by atoms with Crippen molar-refractivity contribution in [3.63, 3.8) is 0 Å². The molecular formula is C24H26O8. The van der Waals surface area contributed by atoms with Crippen molar-refractivity contribution in [2.75, 3.05) is 34.7 Å². The standard InChI is InChI=1S/C24H26O8/c1-11-13-7-16-17(32-10-31-16)8-14(13)22(25)15-9-30-24(26)21(15)20(11)12-5-18(27-2)23(29-4)19(6-12)28-3/h5-8,11,15,20-22,25H,9-10H2,1-4H3/t11?,15-,20-,21+,22+/m0/s1. The quantitative estimate of drug-likeness (QED) is 0.722. The fourth-order valence-electron chi connectivity index (χ4n) is 5.40. The number of fused-ring (bicyclic) bond motifs is 3. The van der Waals surface area contributed by atoms with Crippen LogP contribution < -0.4 is 23.7 Å². The lowest BCUT2D eigenvalue weighted by atomic mass is 9.72. The molecule has 1 saturated heterocycles. The number of methoxy groups -OCH3 is 3. The topological polar surface area (TPSA) is 92.7 Å². The zero-order valence-electron chi connectivity index (χ0n) is 18.4. The smallest absolute Gasteiger partial charge is 0.310 e. The molecule has 0 amide bonds. The van der Waals surface area contributed by atoms with Gasteiger partial charge in [0.25, 0.3) is 0 Å². The van der Waals surface area contributed by atoms with E-state index in [-0.39, 0.29) is 31.2 Å². The molecule has 8 nitrogen and oxygen atoms in total. The van der Waals surface area contributed by atoms with E-state index in [9.17, 15) is 9.90 Å². The first kappa shape index (κ1) is 20.8. The lowest BCUT2D eigenvalue weighted by Gasteiger charge is -2.29. The minimum absolute atomic E-state index is 0.141. The van der Waals surface area contributed by atoms with Crippen molar-refractivity contribution in [2.45, 2.75) is 24.9 Å². The van der Waals surface area contributed by atoms with Gasteiger partial charge in [0, 0.05) is 11.8 Å². The molecule has 1 fully saturated rings. The van der Waals surface area contributed by atoms with Crippen molar-refractivity contribution in [1.29, 1.82) is 0 Å². The molecule has 2 aromatic carbocycles. The van der Waals surface area contributed by atoms with Crippen molar-refractivity contribution in [3.8, 4) is 28.7 Å². The SMILES string of the molecule is COc1cc([C@@H]2C(C)c3cc4c(cc3[C@@H](O)[C@H]3COC(=O)[C@H]32)OCO4)cc(OC)c1OC. The molecule has 2 heterocycles. The maximum absolute atomic E-state index is 13.0. The monoisotopic (exact) mass is 442 g/mol. The van der Waals surface area contributed by atoms with E-state index in [0.29, 0.717) is 28.7 Å². The molecule has 170 valence electrons. The maximum Gasteiger partial charge on any atom is 0.310 e. The van der Waals surface area contributed by atoms with Gasteiger partial charge in [0.05, 0.1) is 40.0 Å². The number of carbonyl (C=O) groups is 1. The van der Waals surface area contributed by atoms with Crippen LogP contribution in [0.25, 0.3) is 0 Å². The number of carbonyl (C=O) groups excluding carboxylic acids is 1. The summed E-state index contributed by atoms with van der Waals surface area (Å²) in [6.45, 7) is 2.36. The number of ether oxygens (including phenoxy) is 6. The van der Waals surface area contributed by atoms with E-state index in [1.807, 2.05) is 24.3 Å². The van der Waals surface area contributed by atoms with Gasteiger partial charge in [0.1, 0.15) is 0 Å². The van der Waals surface area contributed by atoms with Crippen LogP contribution in [0.15, 0.2) is 24.3 Å². The van der Waals surface area contributed by atoms with Crippen molar-refractivity contribution in [3.05, 3.63) is 41.0 Å². The first-order valence-corrected chi connectivity index (χ1v) is 10.6. The van der Waals surface area contributed by atoms with Gasteiger partial charge < -0.3 is 33.5 Å². The third-order valence-electron chi connectivity index (χ3n) is 6.94. The number of cyclic esters (lactones) is 1. The number of esters is 1. The largest absolute Gasteiger partial charge is 0.493 e. The summed E-state index contributed by atoms with van der Waals surface area (Å²) in [5, 5.41) is 11.3. The number of rotatable bonds is 4. The number of hydrogen-bond donors (Lipinski definition) is 1. The van der Waals surface area contributed by atoms with Gasteiger partial charge in [-0.05, 0) is 46.9 Å². The van der Waals surface area contributed by atoms with Crippen molar-refractivity contribution in [1.82, 2.24) is 0 Å². The number of aliphatic hydroxyl groups excluding tert-OH is 1. The van der Waals surface area contributed by atoms with Gasteiger partial charge in [-0.1, -0.05) is 6.92 Å². The van der Waals surface area contributed by atoms with Crippen LogP contribution in [-0.4, -0.2) is 45.8 Å². The van der Waals surface area contributed by atoms with Gasteiger partial charge in [-0.2, -0.15) is 0 Å². The Labute approximate surface area is 185 Å².